The number of unbranched alkanes of at least 4 members (excludes halogenated alkanes) is 1. The van der Waals surface area contributed by atoms with Gasteiger partial charge in [-0.25, -0.2) is 22.5 Å². The maximum Gasteiger partial charge on any atom is 0.226 e. The minimum absolute atomic E-state index is 0.141. The molecule has 1 heterocycles. The zero-order valence-electron chi connectivity index (χ0n) is 13.3. The monoisotopic (exact) mass is 340 g/mol. The summed E-state index contributed by atoms with van der Waals surface area (Å²) in [7, 11) is -3.23. The van der Waals surface area contributed by atoms with Crippen molar-refractivity contribution in [1.29, 1.82) is 0 Å². The molecule has 2 aromatic rings. The number of benzene rings is 1. The van der Waals surface area contributed by atoms with Gasteiger partial charge in [-0.2, -0.15) is 0 Å². The fourth-order valence-electron chi connectivity index (χ4n) is 2.11. The largest absolute Gasteiger partial charge is 0.441 e. The molecule has 5 nitrogen and oxygen atoms in total. The molecule has 0 aliphatic rings. The lowest BCUT2D eigenvalue weighted by Gasteiger charge is -2.04. The van der Waals surface area contributed by atoms with Crippen LogP contribution >= 0.6 is 0 Å². The number of rotatable bonds is 8. The Balaban J connectivity index is 1.98. The summed E-state index contributed by atoms with van der Waals surface area (Å²) in [5.41, 5.74) is 1.38. The second-order valence-electron chi connectivity index (χ2n) is 5.35. The van der Waals surface area contributed by atoms with Crippen molar-refractivity contribution >= 4 is 10.0 Å². The maximum absolute atomic E-state index is 12.9. The average molecular weight is 340 g/mol. The van der Waals surface area contributed by atoms with Crippen molar-refractivity contribution in [3.63, 3.8) is 0 Å². The number of hydrogen-bond acceptors (Lipinski definition) is 4. The van der Waals surface area contributed by atoms with Crippen molar-refractivity contribution in [2.75, 3.05) is 12.3 Å². The molecule has 126 valence electrons. The van der Waals surface area contributed by atoms with Gasteiger partial charge in [0.15, 0.2) is 0 Å². The molecule has 0 radical (unpaired) electrons. The van der Waals surface area contributed by atoms with Gasteiger partial charge in [0.05, 0.1) is 11.4 Å². The molecular formula is C16H21FN2O3S. The third-order valence-corrected chi connectivity index (χ3v) is 4.90. The first kappa shape index (κ1) is 17.6. The van der Waals surface area contributed by atoms with E-state index in [0.717, 1.165) is 6.42 Å². The normalized spacial score (nSPS) is 11.8. The molecule has 0 spiro atoms. The lowest BCUT2D eigenvalue weighted by Crippen LogP contribution is -2.28. The van der Waals surface area contributed by atoms with Crippen molar-refractivity contribution in [2.24, 2.45) is 0 Å². The SMILES string of the molecule is CCCCS(=O)(=O)NCCc1nc(-c2ccc(F)cc2)oc1C. The van der Waals surface area contributed by atoms with Gasteiger partial charge in [0, 0.05) is 18.5 Å². The van der Waals surface area contributed by atoms with E-state index in [1.54, 1.807) is 19.1 Å². The molecule has 0 aliphatic heterocycles. The molecule has 2 rings (SSSR count). The second-order valence-corrected chi connectivity index (χ2v) is 7.27. The van der Waals surface area contributed by atoms with Crippen LogP contribution in [-0.4, -0.2) is 25.7 Å². The maximum atomic E-state index is 12.9. The highest BCUT2D eigenvalue weighted by Crippen LogP contribution is 2.22. The smallest absolute Gasteiger partial charge is 0.226 e. The molecule has 23 heavy (non-hydrogen) atoms. The lowest BCUT2D eigenvalue weighted by atomic mass is 10.2. The third kappa shape index (κ3) is 5.14. The molecule has 0 atom stereocenters. The number of nitrogens with one attached hydrogen (secondary N) is 1. The summed E-state index contributed by atoms with van der Waals surface area (Å²) in [4.78, 5) is 4.37. The van der Waals surface area contributed by atoms with Gasteiger partial charge < -0.3 is 4.42 Å². The fourth-order valence-corrected chi connectivity index (χ4v) is 3.33. The summed E-state index contributed by atoms with van der Waals surface area (Å²) in [6, 6.07) is 5.88. The third-order valence-electron chi connectivity index (χ3n) is 3.43. The molecule has 1 aromatic heterocycles. The van der Waals surface area contributed by atoms with Crippen LogP contribution in [0.3, 0.4) is 0 Å². The standard InChI is InChI=1S/C16H21FN2O3S/c1-3-4-11-23(20,21)18-10-9-15-12(2)22-16(19-15)13-5-7-14(17)8-6-13/h5-8,18H,3-4,9-11H2,1-2H3. The van der Waals surface area contributed by atoms with Gasteiger partial charge in [0.25, 0.3) is 0 Å². The second kappa shape index (κ2) is 7.70. The van der Waals surface area contributed by atoms with Crippen LogP contribution in [0.1, 0.15) is 31.2 Å². The molecule has 7 heteroatoms. The topological polar surface area (TPSA) is 72.2 Å². The summed E-state index contributed by atoms with van der Waals surface area (Å²) in [6.45, 7) is 4.01. The Morgan fingerprint density at radius 3 is 2.61 bits per heavy atom. The van der Waals surface area contributed by atoms with E-state index in [-0.39, 0.29) is 18.1 Å². The van der Waals surface area contributed by atoms with E-state index in [1.165, 1.54) is 12.1 Å². The Morgan fingerprint density at radius 1 is 1.26 bits per heavy atom. The van der Waals surface area contributed by atoms with Gasteiger partial charge >= 0.3 is 0 Å². The summed E-state index contributed by atoms with van der Waals surface area (Å²) >= 11 is 0. The Hall–Kier alpha value is -1.73. The van der Waals surface area contributed by atoms with E-state index < -0.39 is 10.0 Å². The number of halogens is 1. The van der Waals surface area contributed by atoms with Gasteiger partial charge in [-0.3, -0.25) is 0 Å². The Kier molecular flexibility index (Phi) is 5.90. The predicted octanol–water partition coefficient (Wildman–Crippen LogP) is 3.05. The van der Waals surface area contributed by atoms with Crippen LogP contribution in [0.25, 0.3) is 11.5 Å². The summed E-state index contributed by atoms with van der Waals surface area (Å²) in [6.07, 6.45) is 1.93. The summed E-state index contributed by atoms with van der Waals surface area (Å²) in [5, 5.41) is 0. The number of oxazole rings is 1. The first-order chi connectivity index (χ1) is 10.9. The Morgan fingerprint density at radius 2 is 1.96 bits per heavy atom. The number of sulfonamides is 1. The Bertz CT molecular complexity index is 739. The predicted molar refractivity (Wildman–Crippen MR) is 87.0 cm³/mol. The van der Waals surface area contributed by atoms with E-state index >= 15 is 0 Å². The highest BCUT2D eigenvalue weighted by molar-refractivity contribution is 7.89. The van der Waals surface area contributed by atoms with Gasteiger partial charge in [0.1, 0.15) is 11.6 Å². The molecule has 0 fully saturated rings. The lowest BCUT2D eigenvalue weighted by molar-refractivity contribution is 0.538. The van der Waals surface area contributed by atoms with Crippen molar-refractivity contribution in [2.45, 2.75) is 33.1 Å². The van der Waals surface area contributed by atoms with E-state index in [2.05, 4.69) is 9.71 Å². The number of nitrogens with zero attached hydrogens (tertiary/aromatic N) is 1. The zero-order chi connectivity index (χ0) is 16.9. The van der Waals surface area contributed by atoms with E-state index in [0.29, 0.717) is 35.7 Å². The molecule has 0 bridgehead atoms. The molecule has 0 aliphatic carbocycles. The van der Waals surface area contributed by atoms with E-state index in [4.69, 9.17) is 4.42 Å². The quantitative estimate of drug-likeness (QED) is 0.802. The van der Waals surface area contributed by atoms with Crippen molar-refractivity contribution in [3.05, 3.63) is 41.5 Å². The molecule has 0 unspecified atom stereocenters. The van der Waals surface area contributed by atoms with Crippen LogP contribution in [0, 0.1) is 12.7 Å². The highest BCUT2D eigenvalue weighted by atomic mass is 32.2. The minimum atomic E-state index is -3.23. The van der Waals surface area contributed by atoms with Crippen molar-refractivity contribution in [1.82, 2.24) is 9.71 Å². The van der Waals surface area contributed by atoms with Gasteiger partial charge in [-0.1, -0.05) is 13.3 Å². The van der Waals surface area contributed by atoms with Crippen LogP contribution in [0.15, 0.2) is 28.7 Å². The van der Waals surface area contributed by atoms with E-state index in [1.807, 2.05) is 6.92 Å². The molecular weight excluding hydrogens is 319 g/mol. The van der Waals surface area contributed by atoms with E-state index in [9.17, 15) is 12.8 Å². The minimum Gasteiger partial charge on any atom is -0.441 e. The van der Waals surface area contributed by atoms with Crippen LogP contribution in [-0.2, 0) is 16.4 Å². The van der Waals surface area contributed by atoms with Crippen molar-refractivity contribution < 1.29 is 17.2 Å². The zero-order valence-corrected chi connectivity index (χ0v) is 14.1. The highest BCUT2D eigenvalue weighted by Gasteiger charge is 2.13. The molecule has 0 saturated heterocycles. The number of hydrogen-bond donors (Lipinski definition) is 1. The first-order valence-corrected chi connectivity index (χ1v) is 9.26. The first-order valence-electron chi connectivity index (χ1n) is 7.61. The van der Waals surface area contributed by atoms with Crippen LogP contribution in [0.4, 0.5) is 4.39 Å². The Labute approximate surface area is 136 Å². The van der Waals surface area contributed by atoms with Crippen molar-refractivity contribution in [3.8, 4) is 11.5 Å². The van der Waals surface area contributed by atoms with Crippen LogP contribution < -0.4 is 4.72 Å². The molecule has 0 saturated carbocycles. The van der Waals surface area contributed by atoms with Crippen LogP contribution in [0.2, 0.25) is 0 Å². The van der Waals surface area contributed by atoms with Crippen LogP contribution in [0.5, 0.6) is 0 Å². The van der Waals surface area contributed by atoms with Gasteiger partial charge in [0.2, 0.25) is 15.9 Å². The number of aromatic nitrogens is 1. The fraction of sp³-hybridized carbons (Fsp3) is 0.438. The van der Waals surface area contributed by atoms with Gasteiger partial charge in [-0.05, 0) is 37.6 Å². The van der Waals surface area contributed by atoms with Gasteiger partial charge in [-0.15, -0.1) is 0 Å². The summed E-state index contributed by atoms with van der Waals surface area (Å²) < 4.78 is 44.5. The molecule has 1 N–H and O–H groups in total. The average Bonchev–Trinajstić information content (AvgIpc) is 2.87. The molecule has 1 aromatic carbocycles. The number of aryl methyl sites for hydroxylation is 1. The molecule has 0 amide bonds. The summed E-state index contributed by atoms with van der Waals surface area (Å²) in [5.74, 6) is 0.865.